The molecule has 2 rings (SSSR count). The van der Waals surface area contributed by atoms with Gasteiger partial charge in [-0.05, 0) is 31.0 Å². The molecule has 0 spiro atoms. The standard InChI is InChI=1S/C9H10ClNO3S/c10-6-1-4-9(12)8(5-6)11-15(13,14)7-2-3-7/h1,4-5,7,11-12H,2-3H2. The van der Waals surface area contributed by atoms with Crippen LogP contribution in [0.25, 0.3) is 0 Å². The van der Waals surface area contributed by atoms with Gasteiger partial charge in [0, 0.05) is 5.02 Å². The first-order chi connectivity index (χ1) is 6.99. The van der Waals surface area contributed by atoms with Crippen molar-refractivity contribution in [3.63, 3.8) is 0 Å². The summed E-state index contributed by atoms with van der Waals surface area (Å²) in [5.41, 5.74) is 0.134. The van der Waals surface area contributed by atoms with Crippen LogP contribution in [0.3, 0.4) is 0 Å². The van der Waals surface area contributed by atoms with E-state index in [0.717, 1.165) is 0 Å². The first kappa shape index (κ1) is 10.6. The lowest BCUT2D eigenvalue weighted by molar-refractivity contribution is 0.477. The lowest BCUT2D eigenvalue weighted by Gasteiger charge is -2.08. The number of halogens is 1. The Balaban J connectivity index is 2.27. The molecule has 2 N–H and O–H groups in total. The molecule has 82 valence electrons. The fraction of sp³-hybridized carbons (Fsp3) is 0.333. The van der Waals surface area contributed by atoms with E-state index in [-0.39, 0.29) is 16.7 Å². The van der Waals surface area contributed by atoms with Crippen LogP contribution in [0.1, 0.15) is 12.8 Å². The zero-order chi connectivity index (χ0) is 11.1. The molecule has 6 heteroatoms. The summed E-state index contributed by atoms with van der Waals surface area (Å²) in [6.07, 6.45) is 1.35. The van der Waals surface area contributed by atoms with Crippen molar-refractivity contribution < 1.29 is 13.5 Å². The predicted molar refractivity (Wildman–Crippen MR) is 58.7 cm³/mol. The van der Waals surface area contributed by atoms with Gasteiger partial charge in [-0.2, -0.15) is 0 Å². The summed E-state index contributed by atoms with van der Waals surface area (Å²) in [5, 5.41) is 9.47. The van der Waals surface area contributed by atoms with Crippen LogP contribution < -0.4 is 4.72 Å². The fourth-order valence-corrected chi connectivity index (χ4v) is 2.77. The third-order valence-corrected chi connectivity index (χ3v) is 4.26. The van der Waals surface area contributed by atoms with Crippen LogP contribution in [0.5, 0.6) is 5.75 Å². The van der Waals surface area contributed by atoms with Gasteiger partial charge in [-0.1, -0.05) is 11.6 Å². The maximum Gasteiger partial charge on any atom is 0.235 e. The number of nitrogens with one attached hydrogen (secondary N) is 1. The third kappa shape index (κ3) is 2.35. The van der Waals surface area contributed by atoms with Gasteiger partial charge in [-0.25, -0.2) is 8.42 Å². The molecule has 0 amide bonds. The number of benzene rings is 1. The first-order valence-corrected chi connectivity index (χ1v) is 6.41. The SMILES string of the molecule is O=S(=O)(Nc1cc(Cl)ccc1O)C1CC1. The highest BCUT2D eigenvalue weighted by Gasteiger charge is 2.36. The molecule has 0 bridgehead atoms. The molecule has 1 aliphatic rings. The molecule has 0 heterocycles. The van der Waals surface area contributed by atoms with Crippen LogP contribution in [-0.4, -0.2) is 18.8 Å². The number of sulfonamides is 1. The molecule has 0 unspecified atom stereocenters. The minimum Gasteiger partial charge on any atom is -0.506 e. The Morgan fingerprint density at radius 3 is 2.67 bits per heavy atom. The maximum absolute atomic E-state index is 11.6. The summed E-state index contributed by atoms with van der Waals surface area (Å²) >= 11 is 5.69. The number of hydrogen-bond acceptors (Lipinski definition) is 3. The van der Waals surface area contributed by atoms with Gasteiger partial charge in [-0.3, -0.25) is 4.72 Å². The van der Waals surface area contributed by atoms with E-state index < -0.39 is 10.0 Å². The summed E-state index contributed by atoms with van der Waals surface area (Å²) in [6.45, 7) is 0. The summed E-state index contributed by atoms with van der Waals surface area (Å²) in [4.78, 5) is 0. The monoisotopic (exact) mass is 247 g/mol. The number of hydrogen-bond donors (Lipinski definition) is 2. The van der Waals surface area contributed by atoms with E-state index in [1.807, 2.05) is 0 Å². The second-order valence-corrected chi connectivity index (χ2v) is 5.91. The molecule has 1 saturated carbocycles. The quantitative estimate of drug-likeness (QED) is 0.803. The van der Waals surface area contributed by atoms with E-state index >= 15 is 0 Å². The van der Waals surface area contributed by atoms with Crippen LogP contribution in [0.15, 0.2) is 18.2 Å². The Hall–Kier alpha value is -0.940. The van der Waals surface area contributed by atoms with Crippen molar-refractivity contribution in [2.75, 3.05) is 4.72 Å². The molecule has 0 aromatic heterocycles. The Morgan fingerprint density at radius 2 is 2.07 bits per heavy atom. The van der Waals surface area contributed by atoms with Gasteiger partial charge in [0.2, 0.25) is 10.0 Å². The lowest BCUT2D eigenvalue weighted by Crippen LogP contribution is -2.17. The van der Waals surface area contributed by atoms with Gasteiger partial charge in [0.25, 0.3) is 0 Å². The van der Waals surface area contributed by atoms with Crippen LogP contribution in [-0.2, 0) is 10.0 Å². The van der Waals surface area contributed by atoms with Gasteiger partial charge in [-0.15, -0.1) is 0 Å². The van der Waals surface area contributed by atoms with Crippen LogP contribution >= 0.6 is 11.6 Å². The van der Waals surface area contributed by atoms with Crippen LogP contribution in [0.4, 0.5) is 5.69 Å². The molecule has 1 fully saturated rings. The molecule has 4 nitrogen and oxygen atoms in total. The summed E-state index contributed by atoms with van der Waals surface area (Å²) < 4.78 is 25.4. The van der Waals surface area contributed by atoms with Crippen molar-refractivity contribution in [3.8, 4) is 5.75 Å². The maximum atomic E-state index is 11.6. The fourth-order valence-electron chi connectivity index (χ4n) is 1.20. The molecule has 0 saturated heterocycles. The molecule has 1 aliphatic carbocycles. The van der Waals surface area contributed by atoms with Crippen molar-refractivity contribution in [3.05, 3.63) is 23.2 Å². The van der Waals surface area contributed by atoms with E-state index in [4.69, 9.17) is 11.6 Å². The molecule has 0 radical (unpaired) electrons. The van der Waals surface area contributed by atoms with Gasteiger partial charge in [0.15, 0.2) is 0 Å². The molecule has 15 heavy (non-hydrogen) atoms. The van der Waals surface area contributed by atoms with E-state index in [1.54, 1.807) is 0 Å². The first-order valence-electron chi connectivity index (χ1n) is 4.49. The lowest BCUT2D eigenvalue weighted by atomic mass is 10.3. The van der Waals surface area contributed by atoms with Crippen LogP contribution in [0, 0.1) is 0 Å². The molecule has 1 aromatic carbocycles. The zero-order valence-corrected chi connectivity index (χ0v) is 9.35. The summed E-state index contributed by atoms with van der Waals surface area (Å²) in [5.74, 6) is -0.122. The number of aromatic hydroxyl groups is 1. The van der Waals surface area contributed by atoms with Crippen molar-refractivity contribution in [2.45, 2.75) is 18.1 Å². The summed E-state index contributed by atoms with van der Waals surface area (Å²) in [6, 6.07) is 4.23. The smallest absolute Gasteiger partial charge is 0.235 e. The van der Waals surface area contributed by atoms with E-state index in [2.05, 4.69) is 4.72 Å². The number of phenolic OH excluding ortho intramolecular Hbond substituents is 1. The minimum atomic E-state index is -3.35. The Labute approximate surface area is 92.9 Å². The molecular formula is C9H10ClNO3S. The largest absolute Gasteiger partial charge is 0.506 e. The predicted octanol–water partition coefficient (Wildman–Crippen LogP) is 1.95. The topological polar surface area (TPSA) is 66.4 Å². The minimum absolute atomic E-state index is 0.122. The van der Waals surface area contributed by atoms with Crippen molar-refractivity contribution in [1.29, 1.82) is 0 Å². The van der Waals surface area contributed by atoms with Gasteiger partial charge < -0.3 is 5.11 Å². The molecule has 0 atom stereocenters. The highest BCUT2D eigenvalue weighted by molar-refractivity contribution is 7.93. The molecule has 0 aliphatic heterocycles. The zero-order valence-electron chi connectivity index (χ0n) is 7.77. The van der Waals surface area contributed by atoms with Crippen LogP contribution in [0.2, 0.25) is 5.02 Å². The third-order valence-electron chi connectivity index (χ3n) is 2.17. The van der Waals surface area contributed by atoms with Crippen molar-refractivity contribution in [1.82, 2.24) is 0 Å². The van der Waals surface area contributed by atoms with Gasteiger partial charge >= 0.3 is 0 Å². The van der Waals surface area contributed by atoms with E-state index in [0.29, 0.717) is 17.9 Å². The van der Waals surface area contributed by atoms with Crippen molar-refractivity contribution >= 4 is 27.3 Å². The van der Waals surface area contributed by atoms with E-state index in [9.17, 15) is 13.5 Å². The van der Waals surface area contributed by atoms with Gasteiger partial charge in [0.1, 0.15) is 5.75 Å². The second kappa shape index (κ2) is 3.57. The highest BCUT2D eigenvalue weighted by Crippen LogP contribution is 2.33. The molecule has 1 aromatic rings. The number of anilines is 1. The van der Waals surface area contributed by atoms with E-state index in [1.165, 1.54) is 18.2 Å². The van der Waals surface area contributed by atoms with Gasteiger partial charge in [0.05, 0.1) is 10.9 Å². The van der Waals surface area contributed by atoms with Crippen molar-refractivity contribution in [2.24, 2.45) is 0 Å². The highest BCUT2D eigenvalue weighted by atomic mass is 35.5. The Morgan fingerprint density at radius 1 is 1.40 bits per heavy atom. The Bertz CT molecular complexity index is 482. The average Bonchev–Trinajstić information content (AvgIpc) is 2.93. The summed E-state index contributed by atoms with van der Waals surface area (Å²) in [7, 11) is -3.35. The molecular weight excluding hydrogens is 238 g/mol. The number of rotatable bonds is 3. The second-order valence-electron chi connectivity index (χ2n) is 3.51. The average molecular weight is 248 g/mol. The Kier molecular flexibility index (Phi) is 2.52. The normalized spacial score (nSPS) is 16.3. The number of phenols is 1.